The van der Waals surface area contributed by atoms with Crippen molar-refractivity contribution in [2.75, 3.05) is 14.2 Å². The largest absolute Gasteiger partial charge is 0.494 e. The summed E-state index contributed by atoms with van der Waals surface area (Å²) in [5.74, 6) is 0.474. The number of hydrogen-bond acceptors (Lipinski definition) is 4. The Morgan fingerprint density at radius 2 is 2.22 bits per heavy atom. The Balaban J connectivity index is 2.29. The lowest BCUT2D eigenvalue weighted by atomic mass is 10.2. The highest BCUT2D eigenvalue weighted by Gasteiger charge is 2.20. The number of carbonyl (C=O) groups is 1. The van der Waals surface area contributed by atoms with E-state index in [1.54, 1.807) is 31.1 Å². The fourth-order valence-electron chi connectivity index (χ4n) is 2.20. The number of nitrogens with zero attached hydrogens (tertiary/aromatic N) is 4. The second-order valence-electron chi connectivity index (χ2n) is 5.45. The molecular formula is C17H20N4O2. The van der Waals surface area contributed by atoms with E-state index in [1.807, 2.05) is 32.0 Å². The van der Waals surface area contributed by atoms with Gasteiger partial charge in [0.2, 0.25) is 0 Å². The first-order valence-electron chi connectivity index (χ1n) is 7.32. The predicted octanol–water partition coefficient (Wildman–Crippen LogP) is 2.56. The maximum atomic E-state index is 12.4. The van der Waals surface area contributed by atoms with E-state index in [0.29, 0.717) is 11.4 Å². The Kier molecular flexibility index (Phi) is 5.02. The number of aryl methyl sites for hydroxylation is 1. The molecule has 0 spiro atoms. The molecule has 1 aromatic carbocycles. The van der Waals surface area contributed by atoms with Crippen LogP contribution in [-0.2, 0) is 0 Å². The summed E-state index contributed by atoms with van der Waals surface area (Å²) >= 11 is 0. The van der Waals surface area contributed by atoms with E-state index in [1.165, 1.54) is 4.90 Å². The zero-order valence-corrected chi connectivity index (χ0v) is 13.8. The number of hydrogen-bond donors (Lipinski definition) is 0. The molecule has 23 heavy (non-hydrogen) atoms. The topological polar surface area (TPSA) is 71.2 Å². The predicted molar refractivity (Wildman–Crippen MR) is 86.6 cm³/mol. The van der Waals surface area contributed by atoms with Crippen LogP contribution in [0.2, 0.25) is 0 Å². The lowest BCUT2D eigenvalue weighted by Gasteiger charge is -2.21. The molecule has 0 radical (unpaired) electrons. The van der Waals surface area contributed by atoms with Crippen LogP contribution in [0.15, 0.2) is 30.5 Å². The van der Waals surface area contributed by atoms with Crippen LogP contribution in [0, 0.1) is 18.3 Å². The Morgan fingerprint density at radius 3 is 2.87 bits per heavy atom. The van der Waals surface area contributed by atoms with Crippen molar-refractivity contribution in [3.05, 3.63) is 41.7 Å². The normalized spacial score (nSPS) is 11.6. The van der Waals surface area contributed by atoms with Crippen molar-refractivity contribution in [2.24, 2.45) is 0 Å². The third-order valence-corrected chi connectivity index (χ3v) is 3.76. The van der Waals surface area contributed by atoms with Gasteiger partial charge >= 0.3 is 0 Å². The van der Waals surface area contributed by atoms with Crippen molar-refractivity contribution in [1.82, 2.24) is 14.7 Å². The molecule has 0 saturated heterocycles. The van der Waals surface area contributed by atoms with Gasteiger partial charge in [-0.2, -0.15) is 10.4 Å². The van der Waals surface area contributed by atoms with Crippen molar-refractivity contribution >= 4 is 5.91 Å². The number of aromatic nitrogens is 2. The number of methoxy groups -OCH3 is 1. The van der Waals surface area contributed by atoms with Crippen LogP contribution in [0.3, 0.4) is 0 Å². The zero-order chi connectivity index (χ0) is 17.0. The second-order valence-corrected chi connectivity index (χ2v) is 5.45. The lowest BCUT2D eigenvalue weighted by molar-refractivity contribution is 0.0740. The summed E-state index contributed by atoms with van der Waals surface area (Å²) in [4.78, 5) is 14.0. The minimum absolute atomic E-state index is 0.161. The number of nitriles is 1. The van der Waals surface area contributed by atoms with E-state index in [0.717, 1.165) is 11.3 Å². The van der Waals surface area contributed by atoms with Crippen molar-refractivity contribution in [1.29, 1.82) is 5.26 Å². The Hall–Kier alpha value is -2.81. The van der Waals surface area contributed by atoms with Gasteiger partial charge in [0.15, 0.2) is 5.69 Å². The van der Waals surface area contributed by atoms with E-state index < -0.39 is 0 Å². The molecule has 1 heterocycles. The third kappa shape index (κ3) is 3.51. The first-order valence-corrected chi connectivity index (χ1v) is 7.32. The van der Waals surface area contributed by atoms with Crippen LogP contribution in [0.1, 0.15) is 29.4 Å². The van der Waals surface area contributed by atoms with Gasteiger partial charge in [-0.25, -0.2) is 4.68 Å². The molecular weight excluding hydrogens is 292 g/mol. The molecule has 0 aliphatic rings. The van der Waals surface area contributed by atoms with E-state index in [2.05, 4.69) is 11.2 Å². The average Bonchev–Trinajstić information content (AvgIpc) is 3.03. The monoisotopic (exact) mass is 312 g/mol. The van der Waals surface area contributed by atoms with Gasteiger partial charge in [0.1, 0.15) is 11.4 Å². The summed E-state index contributed by atoms with van der Waals surface area (Å²) in [5.41, 5.74) is 2.18. The molecule has 6 nitrogen and oxygen atoms in total. The van der Waals surface area contributed by atoms with Crippen LogP contribution in [-0.4, -0.2) is 40.8 Å². The molecule has 0 aliphatic heterocycles. The minimum atomic E-state index is -0.210. The summed E-state index contributed by atoms with van der Waals surface area (Å²) in [6.07, 6.45) is 2.02. The van der Waals surface area contributed by atoms with E-state index in [-0.39, 0.29) is 18.4 Å². The standard InChI is InChI=1S/C17H20N4O2/c1-12-5-6-16(23-4)15(11-12)21-10-8-14(19-21)17(22)20(3)13(2)7-9-18/h5-6,8,10-11,13H,7H2,1-4H3. The first kappa shape index (κ1) is 16.6. The number of carbonyl (C=O) groups excluding carboxylic acids is 1. The van der Waals surface area contributed by atoms with Crippen molar-refractivity contribution < 1.29 is 9.53 Å². The van der Waals surface area contributed by atoms with Crippen LogP contribution in [0.4, 0.5) is 0 Å². The number of rotatable bonds is 5. The van der Waals surface area contributed by atoms with E-state index in [9.17, 15) is 4.79 Å². The van der Waals surface area contributed by atoms with E-state index >= 15 is 0 Å². The first-order chi connectivity index (χ1) is 11.0. The quantitative estimate of drug-likeness (QED) is 0.850. The molecule has 2 aromatic rings. The summed E-state index contributed by atoms with van der Waals surface area (Å²) < 4.78 is 6.98. The molecule has 1 atom stereocenters. The van der Waals surface area contributed by atoms with Gasteiger partial charge in [-0.15, -0.1) is 0 Å². The molecule has 0 aliphatic carbocycles. The maximum Gasteiger partial charge on any atom is 0.274 e. The van der Waals surface area contributed by atoms with Crippen LogP contribution >= 0.6 is 0 Å². The molecule has 1 aromatic heterocycles. The van der Waals surface area contributed by atoms with Crippen molar-refractivity contribution in [3.8, 4) is 17.5 Å². The van der Waals surface area contributed by atoms with Crippen LogP contribution in [0.5, 0.6) is 5.75 Å². The fraction of sp³-hybridized carbons (Fsp3) is 0.353. The highest BCUT2D eigenvalue weighted by molar-refractivity contribution is 5.92. The maximum absolute atomic E-state index is 12.4. The number of benzene rings is 1. The molecule has 6 heteroatoms. The minimum Gasteiger partial charge on any atom is -0.494 e. The summed E-state index contributed by atoms with van der Waals surface area (Å²) in [6, 6.07) is 9.35. The smallest absolute Gasteiger partial charge is 0.274 e. The summed E-state index contributed by atoms with van der Waals surface area (Å²) in [5, 5.41) is 13.1. The zero-order valence-electron chi connectivity index (χ0n) is 13.8. The molecule has 2 rings (SSSR count). The van der Waals surface area contributed by atoms with Crippen molar-refractivity contribution in [3.63, 3.8) is 0 Å². The molecule has 0 N–H and O–H groups in total. The van der Waals surface area contributed by atoms with Gasteiger partial charge in [-0.05, 0) is 37.6 Å². The molecule has 0 fully saturated rings. The molecule has 120 valence electrons. The summed E-state index contributed by atoms with van der Waals surface area (Å²) in [6.45, 7) is 3.82. The van der Waals surface area contributed by atoms with Crippen molar-refractivity contribution in [2.45, 2.75) is 26.3 Å². The van der Waals surface area contributed by atoms with Crippen LogP contribution in [0.25, 0.3) is 5.69 Å². The Labute approximate surface area is 135 Å². The molecule has 1 amide bonds. The SMILES string of the molecule is COc1ccc(C)cc1-n1ccc(C(=O)N(C)C(C)CC#N)n1. The van der Waals surface area contributed by atoms with Gasteiger partial charge in [-0.1, -0.05) is 6.07 Å². The highest BCUT2D eigenvalue weighted by Crippen LogP contribution is 2.23. The van der Waals surface area contributed by atoms with Gasteiger partial charge < -0.3 is 9.64 Å². The summed E-state index contributed by atoms with van der Waals surface area (Å²) in [7, 11) is 3.28. The fourth-order valence-corrected chi connectivity index (χ4v) is 2.20. The third-order valence-electron chi connectivity index (χ3n) is 3.76. The number of ether oxygens (including phenoxy) is 1. The molecule has 0 bridgehead atoms. The number of amides is 1. The Bertz CT molecular complexity index is 745. The van der Waals surface area contributed by atoms with Gasteiger partial charge in [0, 0.05) is 19.3 Å². The van der Waals surface area contributed by atoms with Gasteiger partial charge in [-0.3, -0.25) is 4.79 Å². The Morgan fingerprint density at radius 1 is 1.48 bits per heavy atom. The lowest BCUT2D eigenvalue weighted by Crippen LogP contribution is -2.35. The van der Waals surface area contributed by atoms with E-state index in [4.69, 9.17) is 10.00 Å². The van der Waals surface area contributed by atoms with Gasteiger partial charge in [0.25, 0.3) is 5.91 Å². The van der Waals surface area contributed by atoms with Crippen LogP contribution < -0.4 is 4.74 Å². The highest BCUT2D eigenvalue weighted by atomic mass is 16.5. The molecule has 0 saturated carbocycles. The molecule has 1 unspecified atom stereocenters. The van der Waals surface area contributed by atoms with Gasteiger partial charge in [0.05, 0.1) is 19.6 Å². The second kappa shape index (κ2) is 6.97. The average molecular weight is 312 g/mol.